The quantitative estimate of drug-likeness (QED) is 0.668. The van der Waals surface area contributed by atoms with Crippen molar-refractivity contribution >= 4 is 35.2 Å². The van der Waals surface area contributed by atoms with E-state index in [0.717, 1.165) is 47.6 Å². The molecule has 1 heterocycles. The number of likely N-dealkylation sites (tertiary alicyclic amines) is 1. The van der Waals surface area contributed by atoms with Gasteiger partial charge in [0.15, 0.2) is 0 Å². The summed E-state index contributed by atoms with van der Waals surface area (Å²) in [7, 11) is 1.61. The van der Waals surface area contributed by atoms with Gasteiger partial charge in [0, 0.05) is 30.7 Å². The van der Waals surface area contributed by atoms with Crippen LogP contribution in [0.4, 0.5) is 5.69 Å². The van der Waals surface area contributed by atoms with Crippen molar-refractivity contribution < 1.29 is 14.4 Å². The van der Waals surface area contributed by atoms with E-state index in [0.29, 0.717) is 11.3 Å². The number of hydrogen-bond donors (Lipinski definition) is 1. The van der Waals surface area contributed by atoms with E-state index in [-0.39, 0.29) is 24.3 Å². The Kier molecular flexibility index (Phi) is 7.74. The summed E-state index contributed by atoms with van der Waals surface area (Å²) in [6, 6.07) is 13.1. The van der Waals surface area contributed by atoms with Crippen molar-refractivity contribution in [2.24, 2.45) is 0 Å². The summed E-state index contributed by atoms with van der Waals surface area (Å²) in [4.78, 5) is 42.0. The summed E-state index contributed by atoms with van der Waals surface area (Å²) in [6.07, 6.45) is 2.11. The van der Waals surface area contributed by atoms with Crippen LogP contribution < -0.4 is 5.32 Å². The van der Waals surface area contributed by atoms with Crippen LogP contribution in [-0.2, 0) is 9.59 Å². The van der Waals surface area contributed by atoms with Crippen LogP contribution in [0.15, 0.2) is 47.4 Å². The van der Waals surface area contributed by atoms with Crippen molar-refractivity contribution in [3.8, 4) is 0 Å². The highest BCUT2D eigenvalue weighted by Gasteiger charge is 2.21. The number of amides is 3. The van der Waals surface area contributed by atoms with Gasteiger partial charge in [0.1, 0.15) is 0 Å². The van der Waals surface area contributed by atoms with Crippen molar-refractivity contribution in [3.63, 3.8) is 0 Å². The Morgan fingerprint density at radius 3 is 2.32 bits per heavy atom. The molecule has 31 heavy (non-hydrogen) atoms. The maximum Gasteiger partial charge on any atom is 0.255 e. The van der Waals surface area contributed by atoms with Crippen LogP contribution in [0, 0.1) is 13.8 Å². The minimum atomic E-state index is -0.248. The lowest BCUT2D eigenvalue weighted by Crippen LogP contribution is -2.35. The molecule has 0 unspecified atom stereocenters. The van der Waals surface area contributed by atoms with Crippen molar-refractivity contribution in [1.29, 1.82) is 0 Å². The highest BCUT2D eigenvalue weighted by Crippen LogP contribution is 2.25. The van der Waals surface area contributed by atoms with Crippen LogP contribution >= 0.6 is 11.8 Å². The average Bonchev–Trinajstić information content (AvgIpc) is 3.29. The monoisotopic (exact) mass is 439 g/mol. The minimum Gasteiger partial charge on any atom is -0.342 e. The van der Waals surface area contributed by atoms with Gasteiger partial charge >= 0.3 is 0 Å². The zero-order valence-electron chi connectivity index (χ0n) is 18.3. The number of likely N-dealkylation sites (N-methyl/N-ethyl adjacent to an activating group) is 1. The maximum atomic E-state index is 13.0. The number of thioether (sulfide) groups is 1. The minimum absolute atomic E-state index is 0.0572. The third-order valence-corrected chi connectivity index (χ3v) is 6.46. The number of hydrogen-bond acceptors (Lipinski definition) is 4. The van der Waals surface area contributed by atoms with E-state index in [1.165, 1.54) is 16.7 Å². The summed E-state index contributed by atoms with van der Waals surface area (Å²) < 4.78 is 0. The first-order valence-electron chi connectivity index (χ1n) is 10.5. The first-order chi connectivity index (χ1) is 14.9. The van der Waals surface area contributed by atoms with E-state index in [2.05, 4.69) is 5.32 Å². The Hall–Kier alpha value is -2.80. The van der Waals surface area contributed by atoms with Gasteiger partial charge < -0.3 is 15.1 Å². The third kappa shape index (κ3) is 5.88. The molecule has 2 aromatic carbocycles. The summed E-state index contributed by atoms with van der Waals surface area (Å²) in [5, 5.41) is 2.91. The largest absolute Gasteiger partial charge is 0.342 e. The van der Waals surface area contributed by atoms with Crippen LogP contribution in [0.5, 0.6) is 0 Å². The van der Waals surface area contributed by atoms with E-state index in [1.54, 1.807) is 19.2 Å². The molecule has 1 aliphatic heterocycles. The van der Waals surface area contributed by atoms with Crippen LogP contribution in [0.3, 0.4) is 0 Å². The Morgan fingerprint density at radius 2 is 1.65 bits per heavy atom. The molecule has 0 bridgehead atoms. The number of carbonyl (C=O) groups is 3. The number of para-hydroxylation sites is 1. The molecule has 1 saturated heterocycles. The molecule has 1 aliphatic rings. The Bertz CT molecular complexity index is 950. The molecule has 0 radical (unpaired) electrons. The normalized spacial score (nSPS) is 13.2. The first-order valence-corrected chi connectivity index (χ1v) is 11.5. The second kappa shape index (κ2) is 10.5. The van der Waals surface area contributed by atoms with Gasteiger partial charge in [-0.15, -0.1) is 11.8 Å². The number of nitrogens with zero attached hydrogens (tertiary/aromatic N) is 2. The summed E-state index contributed by atoms with van der Waals surface area (Å²) >= 11 is 1.37. The van der Waals surface area contributed by atoms with Gasteiger partial charge in [-0.1, -0.05) is 30.3 Å². The molecule has 0 aliphatic carbocycles. The predicted molar refractivity (Wildman–Crippen MR) is 124 cm³/mol. The molecule has 0 saturated carbocycles. The highest BCUT2D eigenvalue weighted by atomic mass is 32.2. The molecule has 0 atom stereocenters. The van der Waals surface area contributed by atoms with Gasteiger partial charge in [0.25, 0.3) is 5.91 Å². The standard InChI is InChI=1S/C24H29N3O3S/c1-17-9-8-10-18(2)23(17)25-21(28)15-26(3)24(30)19-11-4-5-12-20(19)31-16-22(29)27-13-6-7-14-27/h4-5,8-12H,6-7,13-16H2,1-3H3,(H,25,28). The average molecular weight is 440 g/mol. The Balaban J connectivity index is 1.62. The number of rotatable bonds is 7. The summed E-state index contributed by atoms with van der Waals surface area (Å²) in [5.74, 6) is -0.0804. The molecule has 0 spiro atoms. The van der Waals surface area contributed by atoms with Crippen LogP contribution in [0.25, 0.3) is 0 Å². The van der Waals surface area contributed by atoms with Crippen LogP contribution in [0.1, 0.15) is 34.3 Å². The number of benzene rings is 2. The zero-order valence-corrected chi connectivity index (χ0v) is 19.1. The van der Waals surface area contributed by atoms with Gasteiger partial charge in [0.05, 0.1) is 17.9 Å². The van der Waals surface area contributed by atoms with E-state index < -0.39 is 0 Å². The second-order valence-electron chi connectivity index (χ2n) is 7.85. The van der Waals surface area contributed by atoms with Crippen molar-refractivity contribution in [2.75, 3.05) is 37.8 Å². The molecule has 0 aromatic heterocycles. The van der Waals surface area contributed by atoms with Crippen LogP contribution in [-0.4, -0.2) is 60.0 Å². The molecular formula is C24H29N3O3S. The van der Waals surface area contributed by atoms with Crippen molar-refractivity contribution in [2.45, 2.75) is 31.6 Å². The third-order valence-electron chi connectivity index (χ3n) is 5.40. The molecule has 3 amide bonds. The van der Waals surface area contributed by atoms with E-state index in [4.69, 9.17) is 0 Å². The fraction of sp³-hybridized carbons (Fsp3) is 0.375. The fourth-order valence-electron chi connectivity index (χ4n) is 3.65. The summed E-state index contributed by atoms with van der Waals surface area (Å²) in [6.45, 7) is 5.46. The topological polar surface area (TPSA) is 69.7 Å². The molecule has 3 rings (SSSR count). The van der Waals surface area contributed by atoms with Gasteiger partial charge in [-0.3, -0.25) is 14.4 Å². The number of anilines is 1. The molecular weight excluding hydrogens is 410 g/mol. The first kappa shape index (κ1) is 22.9. The molecule has 164 valence electrons. The zero-order chi connectivity index (χ0) is 22.4. The van der Waals surface area contributed by atoms with Gasteiger partial charge in [0.2, 0.25) is 11.8 Å². The van der Waals surface area contributed by atoms with E-state index in [9.17, 15) is 14.4 Å². The van der Waals surface area contributed by atoms with Gasteiger partial charge in [-0.2, -0.15) is 0 Å². The fourth-order valence-corrected chi connectivity index (χ4v) is 4.60. The Labute approximate surface area is 188 Å². The number of carbonyl (C=O) groups excluding carboxylic acids is 3. The van der Waals surface area contributed by atoms with Crippen molar-refractivity contribution in [1.82, 2.24) is 9.80 Å². The molecule has 7 heteroatoms. The number of aryl methyl sites for hydroxylation is 2. The van der Waals surface area contributed by atoms with Crippen LogP contribution in [0.2, 0.25) is 0 Å². The lowest BCUT2D eigenvalue weighted by atomic mass is 10.1. The van der Waals surface area contributed by atoms with E-state index in [1.807, 2.05) is 49.1 Å². The smallest absolute Gasteiger partial charge is 0.255 e. The molecule has 6 nitrogen and oxygen atoms in total. The molecule has 2 aromatic rings. The number of nitrogens with one attached hydrogen (secondary N) is 1. The predicted octanol–water partition coefficient (Wildman–Crippen LogP) is 3.73. The maximum absolute atomic E-state index is 13.0. The van der Waals surface area contributed by atoms with Gasteiger partial charge in [-0.25, -0.2) is 0 Å². The molecule has 1 N–H and O–H groups in total. The van der Waals surface area contributed by atoms with Gasteiger partial charge in [-0.05, 0) is 49.9 Å². The highest BCUT2D eigenvalue weighted by molar-refractivity contribution is 8.00. The molecule has 1 fully saturated rings. The lowest BCUT2D eigenvalue weighted by molar-refractivity contribution is -0.127. The lowest BCUT2D eigenvalue weighted by Gasteiger charge is -2.20. The SMILES string of the molecule is Cc1cccc(C)c1NC(=O)CN(C)C(=O)c1ccccc1SCC(=O)N1CCCC1. The van der Waals surface area contributed by atoms with Crippen molar-refractivity contribution in [3.05, 3.63) is 59.2 Å². The van der Waals surface area contributed by atoms with E-state index >= 15 is 0 Å². The summed E-state index contributed by atoms with van der Waals surface area (Å²) in [5.41, 5.74) is 3.24. The second-order valence-corrected chi connectivity index (χ2v) is 8.87. The Morgan fingerprint density at radius 1 is 1.00 bits per heavy atom.